The van der Waals surface area contributed by atoms with E-state index in [1.165, 1.54) is 23.1 Å². The zero-order chi connectivity index (χ0) is 20.0. The Morgan fingerprint density at radius 2 is 2.10 bits per heavy atom. The number of carboxylic acids is 1. The van der Waals surface area contributed by atoms with E-state index in [2.05, 4.69) is 18.2 Å². The Morgan fingerprint density at radius 1 is 1.24 bits per heavy atom. The van der Waals surface area contributed by atoms with E-state index in [4.69, 9.17) is 19.3 Å². The third kappa shape index (κ3) is 3.08. The first-order chi connectivity index (χ1) is 14.1. The Balaban J connectivity index is 1.37. The van der Waals surface area contributed by atoms with Crippen molar-refractivity contribution >= 4 is 5.97 Å². The fourth-order valence-corrected chi connectivity index (χ4v) is 5.12. The maximum Gasteiger partial charge on any atom is 0.304 e. The highest BCUT2D eigenvalue weighted by atomic mass is 16.5. The number of aliphatic carboxylic acids is 1. The van der Waals surface area contributed by atoms with Crippen LogP contribution >= 0.6 is 0 Å². The number of benzene rings is 2. The molecule has 5 heteroatoms. The van der Waals surface area contributed by atoms with Crippen molar-refractivity contribution in [1.29, 1.82) is 0 Å². The number of fused-ring (bicyclic) bond motifs is 2. The topological polar surface area (TPSA) is 65.0 Å². The number of rotatable bonds is 6. The zero-order valence-electron chi connectivity index (χ0n) is 16.6. The van der Waals surface area contributed by atoms with Gasteiger partial charge in [-0.15, -0.1) is 0 Å². The lowest BCUT2D eigenvalue weighted by atomic mass is 9.73. The highest BCUT2D eigenvalue weighted by Crippen LogP contribution is 2.49. The van der Waals surface area contributed by atoms with E-state index < -0.39 is 5.97 Å². The van der Waals surface area contributed by atoms with Crippen molar-refractivity contribution in [3.05, 3.63) is 58.7 Å². The Morgan fingerprint density at radius 3 is 2.83 bits per heavy atom. The molecule has 0 amide bonds. The summed E-state index contributed by atoms with van der Waals surface area (Å²) in [6.07, 6.45) is 5.46. The molecule has 0 saturated heterocycles. The van der Waals surface area contributed by atoms with Crippen molar-refractivity contribution in [1.82, 2.24) is 0 Å². The SMILES string of the molecule is COC1(c2cccc3c2CC[C@H]3Oc2ccc3c(c2)OCC3CC(=O)O)CCC1. The minimum Gasteiger partial charge on any atom is -0.492 e. The van der Waals surface area contributed by atoms with Crippen LogP contribution in [0.2, 0.25) is 0 Å². The van der Waals surface area contributed by atoms with E-state index >= 15 is 0 Å². The summed E-state index contributed by atoms with van der Waals surface area (Å²) in [5.74, 6) is 0.631. The standard InChI is InChI=1S/C24H26O5/c1-27-24(10-3-11-24)20-5-2-4-19-18(20)8-9-21(19)29-16-6-7-17-15(12-23(25)26)14-28-22(17)13-16/h2,4-7,13,15,21H,3,8-12,14H2,1H3,(H,25,26)/t15?,21-/m1/s1. The molecule has 2 aromatic carbocycles. The molecule has 0 radical (unpaired) electrons. The van der Waals surface area contributed by atoms with Gasteiger partial charge in [-0.2, -0.15) is 0 Å². The Labute approximate surface area is 170 Å². The molecule has 2 aliphatic carbocycles. The number of carbonyl (C=O) groups is 1. The second-order valence-electron chi connectivity index (χ2n) is 8.38. The van der Waals surface area contributed by atoms with Gasteiger partial charge in [-0.25, -0.2) is 0 Å². The Kier molecular flexibility index (Phi) is 4.50. The van der Waals surface area contributed by atoms with Gasteiger partial charge in [-0.3, -0.25) is 4.79 Å². The molecule has 0 spiro atoms. The van der Waals surface area contributed by atoms with E-state index in [9.17, 15) is 4.79 Å². The molecule has 1 fully saturated rings. The van der Waals surface area contributed by atoms with E-state index in [1.54, 1.807) is 0 Å². The van der Waals surface area contributed by atoms with Crippen LogP contribution in [0.4, 0.5) is 0 Å². The molecule has 1 saturated carbocycles. The van der Waals surface area contributed by atoms with Crippen molar-refractivity contribution in [3.8, 4) is 11.5 Å². The number of carboxylic acid groups (broad SMARTS) is 1. The average Bonchev–Trinajstić information content (AvgIpc) is 3.26. The summed E-state index contributed by atoms with van der Waals surface area (Å²) < 4.78 is 18.0. The highest BCUT2D eigenvalue weighted by molar-refractivity contribution is 5.68. The third-order valence-electron chi connectivity index (χ3n) is 6.82. The lowest BCUT2D eigenvalue weighted by molar-refractivity contribution is -0.137. The van der Waals surface area contributed by atoms with Crippen LogP contribution in [0.15, 0.2) is 36.4 Å². The van der Waals surface area contributed by atoms with Crippen LogP contribution in [-0.4, -0.2) is 24.8 Å². The van der Waals surface area contributed by atoms with Gasteiger partial charge in [0.1, 0.15) is 17.6 Å². The minimum atomic E-state index is -0.801. The summed E-state index contributed by atoms with van der Waals surface area (Å²) in [5, 5.41) is 9.07. The molecule has 5 nitrogen and oxygen atoms in total. The molecule has 1 unspecified atom stereocenters. The van der Waals surface area contributed by atoms with Gasteiger partial charge in [-0.05, 0) is 54.9 Å². The predicted molar refractivity (Wildman–Crippen MR) is 108 cm³/mol. The number of ether oxygens (including phenoxy) is 3. The number of methoxy groups -OCH3 is 1. The first kappa shape index (κ1) is 18.5. The van der Waals surface area contributed by atoms with Gasteiger partial charge in [0.15, 0.2) is 0 Å². The summed E-state index contributed by atoms with van der Waals surface area (Å²) in [5.41, 5.74) is 4.83. The quantitative estimate of drug-likeness (QED) is 0.767. The second-order valence-corrected chi connectivity index (χ2v) is 8.38. The lowest BCUT2D eigenvalue weighted by Gasteiger charge is -2.42. The maximum atomic E-state index is 11.0. The lowest BCUT2D eigenvalue weighted by Crippen LogP contribution is -2.37. The highest BCUT2D eigenvalue weighted by Gasteiger charge is 2.42. The second kappa shape index (κ2) is 7.06. The molecule has 0 aromatic heterocycles. The summed E-state index contributed by atoms with van der Waals surface area (Å²) in [4.78, 5) is 11.0. The van der Waals surface area contributed by atoms with Crippen LogP contribution < -0.4 is 9.47 Å². The van der Waals surface area contributed by atoms with E-state index in [-0.39, 0.29) is 24.0 Å². The Bertz CT molecular complexity index is 941. The van der Waals surface area contributed by atoms with Crippen molar-refractivity contribution in [2.45, 2.75) is 56.1 Å². The van der Waals surface area contributed by atoms with E-state index in [1.807, 2.05) is 25.3 Å². The normalized spacial score (nSPS) is 23.6. The van der Waals surface area contributed by atoms with Crippen LogP contribution in [0.25, 0.3) is 0 Å². The van der Waals surface area contributed by atoms with Gasteiger partial charge in [0.05, 0.1) is 18.6 Å². The third-order valence-corrected chi connectivity index (χ3v) is 6.82. The monoisotopic (exact) mass is 394 g/mol. The molecule has 0 bridgehead atoms. The molecule has 2 atom stereocenters. The molecule has 3 aliphatic rings. The van der Waals surface area contributed by atoms with Crippen molar-refractivity contribution in [2.24, 2.45) is 0 Å². The average molecular weight is 394 g/mol. The predicted octanol–water partition coefficient (Wildman–Crippen LogP) is 4.73. The largest absolute Gasteiger partial charge is 0.492 e. The molecule has 1 N–H and O–H groups in total. The van der Waals surface area contributed by atoms with Crippen LogP contribution in [0, 0.1) is 0 Å². The van der Waals surface area contributed by atoms with Crippen LogP contribution in [-0.2, 0) is 21.6 Å². The minimum absolute atomic E-state index is 0.0215. The summed E-state index contributed by atoms with van der Waals surface area (Å²) >= 11 is 0. The molecule has 29 heavy (non-hydrogen) atoms. The fraction of sp³-hybridized carbons (Fsp3) is 0.458. The van der Waals surface area contributed by atoms with Crippen LogP contribution in [0.1, 0.15) is 66.4 Å². The van der Waals surface area contributed by atoms with Crippen molar-refractivity contribution in [3.63, 3.8) is 0 Å². The van der Waals surface area contributed by atoms with Gasteiger partial charge in [0.25, 0.3) is 0 Å². The van der Waals surface area contributed by atoms with Crippen molar-refractivity contribution in [2.75, 3.05) is 13.7 Å². The first-order valence-electron chi connectivity index (χ1n) is 10.4. The number of hydrogen-bond acceptors (Lipinski definition) is 4. The van der Waals surface area contributed by atoms with E-state index in [0.29, 0.717) is 6.61 Å². The molecule has 2 aromatic rings. The van der Waals surface area contributed by atoms with Crippen LogP contribution in [0.5, 0.6) is 11.5 Å². The maximum absolute atomic E-state index is 11.0. The first-order valence-corrected chi connectivity index (χ1v) is 10.4. The molecule has 1 aliphatic heterocycles. The van der Waals surface area contributed by atoms with Crippen LogP contribution in [0.3, 0.4) is 0 Å². The smallest absolute Gasteiger partial charge is 0.304 e. The molecular weight excluding hydrogens is 368 g/mol. The van der Waals surface area contributed by atoms with Gasteiger partial charge in [0.2, 0.25) is 0 Å². The zero-order valence-corrected chi connectivity index (χ0v) is 16.6. The van der Waals surface area contributed by atoms with Gasteiger partial charge >= 0.3 is 5.97 Å². The summed E-state index contributed by atoms with van der Waals surface area (Å²) in [6, 6.07) is 12.3. The molecule has 1 heterocycles. The van der Waals surface area contributed by atoms with E-state index in [0.717, 1.165) is 42.7 Å². The molecule has 5 rings (SSSR count). The molecular formula is C24H26O5. The van der Waals surface area contributed by atoms with Gasteiger partial charge < -0.3 is 19.3 Å². The summed E-state index contributed by atoms with van der Waals surface area (Å²) in [7, 11) is 1.82. The number of hydrogen-bond donors (Lipinski definition) is 1. The van der Waals surface area contributed by atoms with Gasteiger partial charge in [0, 0.05) is 24.7 Å². The fourth-order valence-electron chi connectivity index (χ4n) is 5.12. The molecule has 152 valence electrons. The Hall–Kier alpha value is -2.53. The van der Waals surface area contributed by atoms with Gasteiger partial charge in [-0.1, -0.05) is 24.3 Å². The van der Waals surface area contributed by atoms with Crippen molar-refractivity contribution < 1.29 is 24.1 Å². The summed E-state index contributed by atoms with van der Waals surface area (Å²) in [6.45, 7) is 0.416.